The highest BCUT2D eigenvalue weighted by Gasteiger charge is 2.35. The summed E-state index contributed by atoms with van der Waals surface area (Å²) in [4.78, 5) is 26.8. The molecule has 0 fully saturated rings. The quantitative estimate of drug-likeness (QED) is 0.724. The highest BCUT2D eigenvalue weighted by atomic mass is 79.9. The molecule has 2 aromatic carbocycles. The zero-order chi connectivity index (χ0) is 15.4. The first-order valence-corrected chi connectivity index (χ1v) is 7.66. The normalized spacial score (nSPS) is 15.0. The van der Waals surface area contributed by atoms with Crippen LogP contribution in [0.4, 0.5) is 0 Å². The molecule has 0 aromatic heterocycles. The molecule has 3 rings (SSSR count). The second-order valence-corrected chi connectivity index (χ2v) is 7.53. The summed E-state index contributed by atoms with van der Waals surface area (Å²) in [5.74, 6) is -0.407. The molecule has 3 nitrogen and oxygen atoms in total. The maximum Gasteiger partial charge on any atom is 0.261 e. The van der Waals surface area contributed by atoms with Crippen LogP contribution in [0, 0.1) is 5.41 Å². The van der Waals surface area contributed by atoms with E-state index in [0.717, 1.165) is 15.2 Å². The fourth-order valence-electron chi connectivity index (χ4n) is 2.74. The molecule has 0 unspecified atom stereocenters. The molecule has 1 heterocycles. The van der Waals surface area contributed by atoms with Gasteiger partial charge in [0, 0.05) is 27.5 Å². The van der Waals surface area contributed by atoms with Crippen molar-refractivity contribution >= 4 is 38.5 Å². The molecule has 0 aliphatic carbocycles. The van der Waals surface area contributed by atoms with Crippen molar-refractivity contribution in [1.29, 1.82) is 0 Å². The molecule has 0 saturated carbocycles. The fraction of sp³-hybridized carbons (Fsp3) is 0.294. The molecule has 0 atom stereocenters. The van der Waals surface area contributed by atoms with E-state index in [1.165, 1.54) is 4.90 Å². The Morgan fingerprint density at radius 1 is 1.05 bits per heavy atom. The zero-order valence-electron chi connectivity index (χ0n) is 12.2. The summed E-state index contributed by atoms with van der Waals surface area (Å²) in [6.45, 7) is 6.46. The average Bonchev–Trinajstić information content (AvgIpc) is 2.39. The second-order valence-electron chi connectivity index (χ2n) is 6.61. The smallest absolute Gasteiger partial charge is 0.261 e. The van der Waals surface area contributed by atoms with Gasteiger partial charge in [0.25, 0.3) is 11.8 Å². The lowest BCUT2D eigenvalue weighted by atomic mass is 9.90. The van der Waals surface area contributed by atoms with Crippen LogP contribution in [0.3, 0.4) is 0 Å². The van der Waals surface area contributed by atoms with Gasteiger partial charge in [-0.15, -0.1) is 0 Å². The SMILES string of the molecule is CC(C)(C)CN1C(=O)c2cccc3cc(Br)cc(c23)C1=O. The maximum absolute atomic E-state index is 12.7. The highest BCUT2D eigenvalue weighted by Crippen LogP contribution is 2.33. The van der Waals surface area contributed by atoms with E-state index in [0.29, 0.717) is 17.7 Å². The molecule has 0 spiro atoms. The lowest BCUT2D eigenvalue weighted by Crippen LogP contribution is -2.44. The van der Waals surface area contributed by atoms with Crippen LogP contribution in [0.2, 0.25) is 0 Å². The van der Waals surface area contributed by atoms with E-state index in [1.54, 1.807) is 12.1 Å². The molecule has 0 saturated heterocycles. The minimum Gasteiger partial charge on any atom is -0.274 e. The molecule has 108 valence electrons. The van der Waals surface area contributed by atoms with Crippen molar-refractivity contribution in [1.82, 2.24) is 4.90 Å². The van der Waals surface area contributed by atoms with Crippen molar-refractivity contribution in [3.63, 3.8) is 0 Å². The molecule has 1 aliphatic heterocycles. The van der Waals surface area contributed by atoms with Crippen LogP contribution in [0.15, 0.2) is 34.8 Å². The van der Waals surface area contributed by atoms with Crippen LogP contribution in [0.25, 0.3) is 10.8 Å². The first-order valence-electron chi connectivity index (χ1n) is 6.86. The first-order chi connectivity index (χ1) is 9.78. The van der Waals surface area contributed by atoms with Gasteiger partial charge >= 0.3 is 0 Å². The highest BCUT2D eigenvalue weighted by molar-refractivity contribution is 9.10. The molecule has 0 N–H and O–H groups in total. The number of hydrogen-bond donors (Lipinski definition) is 0. The van der Waals surface area contributed by atoms with E-state index in [9.17, 15) is 9.59 Å². The van der Waals surface area contributed by atoms with Gasteiger partial charge in [0.2, 0.25) is 0 Å². The zero-order valence-corrected chi connectivity index (χ0v) is 13.8. The molecule has 0 bridgehead atoms. The van der Waals surface area contributed by atoms with Crippen molar-refractivity contribution in [2.45, 2.75) is 20.8 Å². The van der Waals surface area contributed by atoms with Crippen molar-refractivity contribution in [2.75, 3.05) is 6.54 Å². The second kappa shape index (κ2) is 4.67. The predicted molar refractivity (Wildman–Crippen MR) is 86.5 cm³/mol. The van der Waals surface area contributed by atoms with Gasteiger partial charge in [-0.3, -0.25) is 14.5 Å². The number of rotatable bonds is 1. The van der Waals surface area contributed by atoms with Crippen molar-refractivity contribution < 1.29 is 9.59 Å². The molecular weight excluding hydrogens is 330 g/mol. The van der Waals surface area contributed by atoms with E-state index in [2.05, 4.69) is 15.9 Å². The lowest BCUT2D eigenvalue weighted by molar-refractivity contribution is 0.0555. The third-order valence-corrected chi connectivity index (χ3v) is 3.98. The molecule has 2 aromatic rings. The molecule has 0 radical (unpaired) electrons. The van der Waals surface area contributed by atoms with Gasteiger partial charge in [0.1, 0.15) is 0 Å². The van der Waals surface area contributed by atoms with Gasteiger partial charge in [-0.25, -0.2) is 0 Å². The standard InChI is InChI=1S/C17H16BrNO2/c1-17(2,3)9-19-15(20)12-6-4-5-10-7-11(18)8-13(14(10)12)16(19)21/h4-8H,9H2,1-3H3. The third kappa shape index (κ3) is 2.38. The van der Waals surface area contributed by atoms with Crippen molar-refractivity contribution in [3.8, 4) is 0 Å². The first kappa shape index (κ1) is 14.3. The summed E-state index contributed by atoms with van der Waals surface area (Å²) in [6, 6.07) is 9.31. The monoisotopic (exact) mass is 345 g/mol. The number of imide groups is 1. The maximum atomic E-state index is 12.7. The fourth-order valence-corrected chi connectivity index (χ4v) is 3.21. The Labute approximate surface area is 132 Å². The Morgan fingerprint density at radius 2 is 1.71 bits per heavy atom. The van der Waals surface area contributed by atoms with Gasteiger partial charge in [0.05, 0.1) is 0 Å². The summed E-state index contributed by atoms with van der Waals surface area (Å²) >= 11 is 3.44. The van der Waals surface area contributed by atoms with E-state index in [-0.39, 0.29) is 17.2 Å². The van der Waals surface area contributed by atoms with Gasteiger partial charge in [-0.2, -0.15) is 0 Å². The predicted octanol–water partition coefficient (Wildman–Crippen LogP) is 4.24. The third-order valence-electron chi connectivity index (χ3n) is 3.53. The van der Waals surface area contributed by atoms with Crippen LogP contribution >= 0.6 is 15.9 Å². The lowest BCUT2D eigenvalue weighted by Gasteiger charge is -2.32. The van der Waals surface area contributed by atoms with Crippen LogP contribution in [0.1, 0.15) is 41.5 Å². The molecule has 21 heavy (non-hydrogen) atoms. The summed E-state index contributed by atoms with van der Waals surface area (Å²) in [5.41, 5.74) is 1.07. The largest absolute Gasteiger partial charge is 0.274 e. The van der Waals surface area contributed by atoms with Crippen LogP contribution in [0.5, 0.6) is 0 Å². The van der Waals surface area contributed by atoms with E-state index < -0.39 is 0 Å². The number of halogens is 1. The Kier molecular flexibility index (Phi) is 3.17. The van der Waals surface area contributed by atoms with Crippen molar-refractivity contribution in [2.24, 2.45) is 5.41 Å². The Morgan fingerprint density at radius 3 is 2.38 bits per heavy atom. The van der Waals surface area contributed by atoms with Gasteiger partial charge in [-0.05, 0) is 29.0 Å². The molecule has 1 aliphatic rings. The number of amides is 2. The van der Waals surface area contributed by atoms with Crippen LogP contribution < -0.4 is 0 Å². The average molecular weight is 346 g/mol. The topological polar surface area (TPSA) is 37.4 Å². The van der Waals surface area contributed by atoms with E-state index >= 15 is 0 Å². The van der Waals surface area contributed by atoms with E-state index in [4.69, 9.17) is 0 Å². The Balaban J connectivity index is 2.25. The van der Waals surface area contributed by atoms with Crippen molar-refractivity contribution in [3.05, 3.63) is 45.9 Å². The summed E-state index contributed by atoms with van der Waals surface area (Å²) in [6.07, 6.45) is 0. The number of carbonyl (C=O) groups excluding carboxylic acids is 2. The van der Waals surface area contributed by atoms with Crippen LogP contribution in [-0.2, 0) is 0 Å². The van der Waals surface area contributed by atoms with Gasteiger partial charge in [0.15, 0.2) is 0 Å². The van der Waals surface area contributed by atoms with Gasteiger partial charge in [-0.1, -0.05) is 48.8 Å². The minimum absolute atomic E-state index is 0.136. The molecule has 2 amide bonds. The number of hydrogen-bond acceptors (Lipinski definition) is 2. The summed E-state index contributed by atoms with van der Waals surface area (Å²) in [7, 11) is 0. The van der Waals surface area contributed by atoms with E-state index in [1.807, 2.05) is 39.0 Å². The molecule has 4 heteroatoms. The minimum atomic E-state index is -0.208. The summed E-state index contributed by atoms with van der Waals surface area (Å²) in [5, 5.41) is 1.68. The van der Waals surface area contributed by atoms with Crippen LogP contribution in [-0.4, -0.2) is 23.3 Å². The Bertz CT molecular complexity index is 774. The Hall–Kier alpha value is -1.68. The number of nitrogens with zero attached hydrogens (tertiary/aromatic N) is 1. The molecular formula is C17H16BrNO2. The number of carbonyl (C=O) groups is 2. The number of benzene rings is 2. The summed E-state index contributed by atoms with van der Waals surface area (Å²) < 4.78 is 0.848. The van der Waals surface area contributed by atoms with Gasteiger partial charge < -0.3 is 0 Å².